The first kappa shape index (κ1) is 26.7. The zero-order chi connectivity index (χ0) is 28.5. The molecule has 1 aromatic heterocycles. The van der Waals surface area contributed by atoms with Crippen molar-refractivity contribution in [1.82, 2.24) is 4.57 Å². The fraction of sp³-hybridized carbons (Fsp3) is 0.139. The summed E-state index contributed by atoms with van der Waals surface area (Å²) in [6.07, 6.45) is 0.385. The van der Waals surface area contributed by atoms with Crippen LogP contribution in [0.1, 0.15) is 45.2 Å². The molecule has 1 heterocycles. The monoisotopic (exact) mass is 554 g/mol. The Bertz CT molecular complexity index is 1980. The quantitative estimate of drug-likeness (QED) is 0.110. The third-order valence-electron chi connectivity index (χ3n) is 7.73. The maximum Gasteiger partial charge on any atom is 0.206 e. The van der Waals surface area contributed by atoms with Crippen LogP contribution in [0, 0.1) is 12.3 Å². The second-order valence-electron chi connectivity index (χ2n) is 10.2. The summed E-state index contributed by atoms with van der Waals surface area (Å²) in [5, 5.41) is 12.8. The minimum Gasteiger partial charge on any atom is -0.341 e. The molecule has 0 bridgehead atoms. The molecule has 5 heteroatoms. The summed E-state index contributed by atoms with van der Waals surface area (Å²) >= 11 is 1.68. The Kier molecular flexibility index (Phi) is 7.29. The number of ketones is 2. The lowest BCUT2D eigenvalue weighted by Gasteiger charge is -2.07. The summed E-state index contributed by atoms with van der Waals surface area (Å²) in [4.78, 5) is 27.9. The van der Waals surface area contributed by atoms with Crippen LogP contribution < -0.4 is 0 Å². The molecule has 1 N–H and O–H groups in total. The van der Waals surface area contributed by atoms with Gasteiger partial charge in [0.05, 0.1) is 5.71 Å². The van der Waals surface area contributed by atoms with E-state index in [0.29, 0.717) is 28.9 Å². The lowest BCUT2D eigenvalue weighted by molar-refractivity contribution is 0.103. The van der Waals surface area contributed by atoms with Crippen LogP contribution in [0.2, 0.25) is 0 Å². The number of hydrogen-bond donors (Lipinski definition) is 1. The largest absolute Gasteiger partial charge is 0.341 e. The van der Waals surface area contributed by atoms with Gasteiger partial charge in [0, 0.05) is 62.1 Å². The number of rotatable bonds is 9. The molecule has 4 nitrogen and oxygen atoms in total. The number of aromatic nitrogens is 1. The lowest BCUT2D eigenvalue weighted by atomic mass is 9.97. The molecule has 0 radical (unpaired) electrons. The molecule has 0 aliphatic rings. The van der Waals surface area contributed by atoms with Gasteiger partial charge in [-0.25, -0.2) is 0 Å². The number of nitrogens with one attached hydrogen (secondary N) is 1. The highest BCUT2D eigenvalue weighted by Crippen LogP contribution is 2.32. The molecule has 202 valence electrons. The minimum absolute atomic E-state index is 0.0138. The van der Waals surface area contributed by atoms with Crippen molar-refractivity contribution in [2.24, 2.45) is 0 Å². The molecule has 0 spiro atoms. The fourth-order valence-corrected chi connectivity index (χ4v) is 6.63. The molecule has 6 rings (SSSR count). The minimum atomic E-state index is -0.255. The first-order chi connectivity index (χ1) is 20.0. The van der Waals surface area contributed by atoms with Gasteiger partial charge in [-0.2, -0.15) is 0 Å². The zero-order valence-electron chi connectivity index (χ0n) is 23.1. The summed E-state index contributed by atoms with van der Waals surface area (Å²) in [6, 6.07) is 33.6. The average molecular weight is 555 g/mol. The summed E-state index contributed by atoms with van der Waals surface area (Å²) in [5.74, 6) is 0.385. The fourth-order valence-electron chi connectivity index (χ4n) is 5.58. The van der Waals surface area contributed by atoms with Crippen LogP contribution in [0.4, 0.5) is 0 Å². The van der Waals surface area contributed by atoms with E-state index in [2.05, 4.69) is 35.8 Å². The number of nitrogens with zero attached hydrogens (tertiary/aromatic N) is 1. The highest BCUT2D eigenvalue weighted by molar-refractivity contribution is 7.99. The number of fused-ring (bicyclic) bond motifs is 4. The van der Waals surface area contributed by atoms with Crippen molar-refractivity contribution in [2.45, 2.75) is 31.7 Å². The van der Waals surface area contributed by atoms with Gasteiger partial charge >= 0.3 is 0 Å². The topological polar surface area (TPSA) is 62.9 Å². The molecule has 0 aliphatic heterocycles. The van der Waals surface area contributed by atoms with Gasteiger partial charge in [-0.3, -0.25) is 9.59 Å². The van der Waals surface area contributed by atoms with Crippen LogP contribution >= 0.6 is 11.8 Å². The number of carbonyl (C=O) groups excluding carboxylic acids is 2. The van der Waals surface area contributed by atoms with Crippen LogP contribution in [-0.4, -0.2) is 27.6 Å². The maximum absolute atomic E-state index is 13.4. The van der Waals surface area contributed by atoms with Gasteiger partial charge in [0.25, 0.3) is 0 Å². The number of aryl methyl sites for hydroxylation is 2. The average Bonchev–Trinajstić information content (AvgIpc) is 3.32. The van der Waals surface area contributed by atoms with Gasteiger partial charge in [0.1, 0.15) is 0 Å². The maximum atomic E-state index is 13.4. The van der Waals surface area contributed by atoms with Crippen molar-refractivity contribution >= 4 is 61.6 Å². The van der Waals surface area contributed by atoms with Crippen molar-refractivity contribution in [3.8, 4) is 0 Å². The molecular weight excluding hydrogens is 524 g/mol. The molecule has 0 amide bonds. The Morgan fingerprint density at radius 1 is 0.756 bits per heavy atom. The molecule has 0 saturated heterocycles. The molecule has 41 heavy (non-hydrogen) atoms. The van der Waals surface area contributed by atoms with Crippen molar-refractivity contribution in [1.29, 1.82) is 5.41 Å². The van der Waals surface area contributed by atoms with E-state index in [-0.39, 0.29) is 17.3 Å². The Hall–Kier alpha value is -4.48. The van der Waals surface area contributed by atoms with Crippen molar-refractivity contribution in [2.75, 3.05) is 5.75 Å². The van der Waals surface area contributed by atoms with Crippen molar-refractivity contribution in [3.05, 3.63) is 125 Å². The summed E-state index contributed by atoms with van der Waals surface area (Å²) in [6.45, 7) is 4.80. The number of Topliss-reactive ketones (excluding diaryl/α,β-unsaturated/α-hetero) is 1. The molecule has 0 saturated carbocycles. The molecule has 5 aromatic carbocycles. The first-order valence-electron chi connectivity index (χ1n) is 13.8. The Balaban J connectivity index is 1.27. The zero-order valence-corrected chi connectivity index (χ0v) is 23.9. The molecule has 6 aromatic rings. The first-order valence-corrected chi connectivity index (χ1v) is 14.8. The van der Waals surface area contributed by atoms with E-state index in [0.717, 1.165) is 38.8 Å². The van der Waals surface area contributed by atoms with Gasteiger partial charge < -0.3 is 9.98 Å². The third-order valence-corrected chi connectivity index (χ3v) is 8.80. The Morgan fingerprint density at radius 2 is 1.41 bits per heavy atom. The standard InChI is InChI=1S/C36H30N2O2S/c1-3-38-32-17-15-25(35(39)27-12-6-4-9-23(27)2)21-29(32)30-22-26(16-18-33(30)38)36(40)31(37)19-20-41-34-14-8-11-24-10-5-7-13-28(24)34/h4-18,21-22,37H,3,19-20H2,1-2H3. The van der Waals surface area contributed by atoms with E-state index < -0.39 is 0 Å². The van der Waals surface area contributed by atoms with Gasteiger partial charge in [-0.05, 0) is 72.6 Å². The van der Waals surface area contributed by atoms with Crippen molar-refractivity contribution < 1.29 is 9.59 Å². The van der Waals surface area contributed by atoms with E-state index in [9.17, 15) is 9.59 Å². The van der Waals surface area contributed by atoms with E-state index >= 15 is 0 Å². The molecule has 0 fully saturated rings. The van der Waals surface area contributed by atoms with E-state index in [4.69, 9.17) is 5.41 Å². The van der Waals surface area contributed by atoms with Crippen LogP contribution in [0.15, 0.2) is 108 Å². The van der Waals surface area contributed by atoms with Gasteiger partial charge in [0.15, 0.2) is 5.78 Å². The van der Waals surface area contributed by atoms with Crippen molar-refractivity contribution in [3.63, 3.8) is 0 Å². The summed E-state index contributed by atoms with van der Waals surface area (Å²) in [5.41, 5.74) is 4.90. The number of carbonyl (C=O) groups is 2. The number of hydrogen-bond acceptors (Lipinski definition) is 4. The van der Waals surface area contributed by atoms with Crippen LogP contribution in [-0.2, 0) is 6.54 Å². The Labute approximate surface area is 243 Å². The van der Waals surface area contributed by atoms with E-state index in [1.807, 2.05) is 85.8 Å². The molecule has 0 unspecified atom stereocenters. The highest BCUT2D eigenvalue weighted by atomic mass is 32.2. The summed E-state index contributed by atoms with van der Waals surface area (Å²) < 4.78 is 2.20. The van der Waals surface area contributed by atoms with Crippen LogP contribution in [0.25, 0.3) is 32.6 Å². The predicted octanol–water partition coefficient (Wildman–Crippen LogP) is 8.89. The number of thioether (sulfide) groups is 1. The van der Waals surface area contributed by atoms with Gasteiger partial charge in [0.2, 0.25) is 5.78 Å². The Morgan fingerprint density at radius 3 is 2.17 bits per heavy atom. The third kappa shape index (κ3) is 4.98. The highest BCUT2D eigenvalue weighted by Gasteiger charge is 2.18. The van der Waals surface area contributed by atoms with Gasteiger partial charge in [-0.15, -0.1) is 11.8 Å². The molecule has 0 aliphatic carbocycles. The van der Waals surface area contributed by atoms with E-state index in [1.165, 1.54) is 10.8 Å². The molecule has 0 atom stereocenters. The van der Waals surface area contributed by atoms with Crippen LogP contribution in [0.3, 0.4) is 0 Å². The lowest BCUT2D eigenvalue weighted by Crippen LogP contribution is -2.14. The number of benzene rings is 5. The smallest absolute Gasteiger partial charge is 0.206 e. The SMILES string of the molecule is CCn1c2ccc(C(=O)C(=N)CCSc3cccc4ccccc34)cc2c2cc(C(=O)c3ccccc3C)ccc21. The van der Waals surface area contributed by atoms with Gasteiger partial charge in [-0.1, -0.05) is 60.7 Å². The predicted molar refractivity (Wildman–Crippen MR) is 171 cm³/mol. The normalized spacial score (nSPS) is 11.4. The van der Waals surface area contributed by atoms with Crippen LogP contribution in [0.5, 0.6) is 0 Å². The summed E-state index contributed by atoms with van der Waals surface area (Å²) in [7, 11) is 0. The second kappa shape index (κ2) is 11.2. The molecular formula is C36H30N2O2S. The van der Waals surface area contributed by atoms with E-state index in [1.54, 1.807) is 11.8 Å². The second-order valence-corrected chi connectivity index (χ2v) is 11.4.